The number of hydrogen-bond acceptors (Lipinski definition) is 3. The van der Waals surface area contributed by atoms with Gasteiger partial charge < -0.3 is 10.6 Å². The largest absolute Gasteiger partial charge is 0.418 e. The zero-order valence-corrected chi connectivity index (χ0v) is 14.2. The van der Waals surface area contributed by atoms with Crippen molar-refractivity contribution < 1.29 is 18.0 Å². The summed E-state index contributed by atoms with van der Waals surface area (Å²) >= 11 is 5.88. The highest BCUT2D eigenvalue weighted by Gasteiger charge is 2.33. The number of nitrogens with one attached hydrogen (secondary N) is 2. The number of hydrogen-bond donors (Lipinski definition) is 2. The highest BCUT2D eigenvalue weighted by Crippen LogP contribution is 2.34. The predicted molar refractivity (Wildman–Crippen MR) is 93.6 cm³/mol. The maximum atomic E-state index is 13.0. The number of rotatable bonds is 4. The first-order chi connectivity index (χ1) is 12.2. The average molecular weight is 380 g/mol. The van der Waals surface area contributed by atoms with Crippen LogP contribution in [0.15, 0.2) is 54.2 Å². The predicted octanol–water partition coefficient (Wildman–Crippen LogP) is 5.13. The number of amides is 1. The molecular formula is C18H13ClF3N3O. The minimum Gasteiger partial charge on any atom is -0.360 e. The molecule has 0 aliphatic rings. The normalized spacial score (nSPS) is 11.6. The number of anilines is 2. The molecule has 8 heteroatoms. The number of benzene rings is 2. The van der Waals surface area contributed by atoms with E-state index in [9.17, 15) is 18.0 Å². The van der Waals surface area contributed by atoms with Crippen LogP contribution in [0, 0.1) is 18.3 Å². The number of nitrogens with zero attached hydrogens (tertiary/aromatic N) is 1. The zero-order valence-electron chi connectivity index (χ0n) is 13.5. The highest BCUT2D eigenvalue weighted by atomic mass is 35.5. The Balaban J connectivity index is 2.23. The van der Waals surface area contributed by atoms with E-state index in [4.69, 9.17) is 16.9 Å². The molecule has 0 radical (unpaired) electrons. The molecule has 4 nitrogen and oxygen atoms in total. The molecule has 1 amide bonds. The Morgan fingerprint density at radius 2 is 1.88 bits per heavy atom. The second-order valence-corrected chi connectivity index (χ2v) is 5.71. The fraction of sp³-hybridized carbons (Fsp3) is 0.111. The summed E-state index contributed by atoms with van der Waals surface area (Å²) in [6.07, 6.45) is -3.51. The van der Waals surface area contributed by atoms with Gasteiger partial charge in [-0.3, -0.25) is 4.79 Å². The van der Waals surface area contributed by atoms with Gasteiger partial charge in [0.15, 0.2) is 0 Å². The smallest absolute Gasteiger partial charge is 0.360 e. The molecule has 0 bridgehead atoms. The topological polar surface area (TPSA) is 64.9 Å². The summed E-state index contributed by atoms with van der Waals surface area (Å²) in [5.74, 6) is -0.962. The molecule has 0 heterocycles. The second-order valence-electron chi connectivity index (χ2n) is 5.27. The average Bonchev–Trinajstić information content (AvgIpc) is 2.58. The maximum Gasteiger partial charge on any atom is 0.418 e. The van der Waals surface area contributed by atoms with Crippen LogP contribution in [0.2, 0.25) is 5.02 Å². The Hall–Kier alpha value is -2.98. The van der Waals surface area contributed by atoms with Crippen molar-refractivity contribution in [3.8, 4) is 6.07 Å². The summed E-state index contributed by atoms with van der Waals surface area (Å²) < 4.78 is 38.9. The monoisotopic (exact) mass is 379 g/mol. The van der Waals surface area contributed by atoms with E-state index in [0.29, 0.717) is 10.7 Å². The molecule has 0 unspecified atom stereocenters. The van der Waals surface area contributed by atoms with Gasteiger partial charge >= 0.3 is 6.18 Å². The fourth-order valence-electron chi connectivity index (χ4n) is 2.08. The maximum absolute atomic E-state index is 13.0. The number of para-hydroxylation sites is 1. The van der Waals surface area contributed by atoms with E-state index >= 15 is 0 Å². The van der Waals surface area contributed by atoms with Crippen LogP contribution in [0.1, 0.15) is 11.1 Å². The molecule has 0 saturated carbocycles. The number of carbonyl (C=O) groups excluding carboxylic acids is 1. The van der Waals surface area contributed by atoms with E-state index in [1.165, 1.54) is 12.1 Å². The molecule has 2 aromatic carbocycles. The van der Waals surface area contributed by atoms with Gasteiger partial charge in [0.1, 0.15) is 11.6 Å². The molecule has 0 fully saturated rings. The Morgan fingerprint density at radius 3 is 2.54 bits per heavy atom. The standard InChI is InChI=1S/C18H13ClF3N3O/c1-11-6-7-13(19)8-16(11)24-10-12(9-23)17(26)25-15-5-3-2-4-14(15)18(20,21)22/h2-8,10,24H,1H3,(H,25,26)/b12-10-. The molecule has 134 valence electrons. The van der Waals surface area contributed by atoms with Crippen LogP contribution in [0.3, 0.4) is 0 Å². The van der Waals surface area contributed by atoms with Crippen molar-refractivity contribution in [2.45, 2.75) is 13.1 Å². The van der Waals surface area contributed by atoms with Crippen LogP contribution in [0.25, 0.3) is 0 Å². The van der Waals surface area contributed by atoms with Gasteiger partial charge in [-0.25, -0.2) is 0 Å². The number of halogens is 4. The molecule has 2 rings (SSSR count). The van der Waals surface area contributed by atoms with Crippen LogP contribution in [-0.4, -0.2) is 5.91 Å². The summed E-state index contributed by atoms with van der Waals surface area (Å²) in [4.78, 5) is 12.2. The molecule has 0 saturated heterocycles. The van der Waals surface area contributed by atoms with Crippen molar-refractivity contribution in [2.75, 3.05) is 10.6 Å². The van der Waals surface area contributed by atoms with E-state index in [2.05, 4.69) is 10.6 Å². The van der Waals surface area contributed by atoms with Gasteiger partial charge in [0.2, 0.25) is 0 Å². The van der Waals surface area contributed by atoms with Gasteiger partial charge in [-0.05, 0) is 36.8 Å². The molecule has 0 aliphatic heterocycles. The third-order valence-electron chi connectivity index (χ3n) is 3.42. The van der Waals surface area contributed by atoms with Crippen LogP contribution in [0.5, 0.6) is 0 Å². The Morgan fingerprint density at radius 1 is 1.19 bits per heavy atom. The third-order valence-corrected chi connectivity index (χ3v) is 3.65. The van der Waals surface area contributed by atoms with Crippen molar-refractivity contribution in [3.63, 3.8) is 0 Å². The molecule has 0 aromatic heterocycles. The molecule has 0 atom stereocenters. The lowest BCUT2D eigenvalue weighted by Gasteiger charge is -2.13. The van der Waals surface area contributed by atoms with Crippen LogP contribution in [0.4, 0.5) is 24.5 Å². The van der Waals surface area contributed by atoms with E-state index in [1.54, 1.807) is 31.2 Å². The van der Waals surface area contributed by atoms with E-state index < -0.39 is 23.3 Å². The lowest BCUT2D eigenvalue weighted by molar-refractivity contribution is -0.137. The first kappa shape index (κ1) is 19.3. The third kappa shape index (κ3) is 4.77. The molecule has 2 N–H and O–H groups in total. The Labute approximate surface area is 152 Å². The van der Waals surface area contributed by atoms with Gasteiger partial charge in [-0.15, -0.1) is 0 Å². The minimum atomic E-state index is -4.63. The Bertz CT molecular complexity index is 901. The zero-order chi connectivity index (χ0) is 19.3. The lowest BCUT2D eigenvalue weighted by Crippen LogP contribution is -2.18. The van der Waals surface area contributed by atoms with Crippen molar-refractivity contribution in [1.82, 2.24) is 0 Å². The summed E-state index contributed by atoms with van der Waals surface area (Å²) in [6.45, 7) is 1.79. The number of carbonyl (C=O) groups is 1. The molecule has 0 aliphatic carbocycles. The van der Waals surface area contributed by atoms with Crippen molar-refractivity contribution >= 4 is 28.9 Å². The Kier molecular flexibility index (Phi) is 5.90. The van der Waals surface area contributed by atoms with Crippen LogP contribution < -0.4 is 10.6 Å². The van der Waals surface area contributed by atoms with E-state index in [-0.39, 0.29) is 5.57 Å². The van der Waals surface area contributed by atoms with Gasteiger partial charge in [0.25, 0.3) is 5.91 Å². The van der Waals surface area contributed by atoms with E-state index in [0.717, 1.165) is 23.9 Å². The summed E-state index contributed by atoms with van der Waals surface area (Å²) in [6, 6.07) is 11.2. The number of aryl methyl sites for hydroxylation is 1. The lowest BCUT2D eigenvalue weighted by atomic mass is 10.1. The van der Waals surface area contributed by atoms with Crippen molar-refractivity contribution in [1.29, 1.82) is 5.26 Å². The number of alkyl halides is 3. The summed E-state index contributed by atoms with van der Waals surface area (Å²) in [5.41, 5.74) is -0.435. The molecular weight excluding hydrogens is 367 g/mol. The van der Waals surface area contributed by atoms with Gasteiger partial charge in [0.05, 0.1) is 11.3 Å². The first-order valence-corrected chi connectivity index (χ1v) is 7.70. The molecule has 26 heavy (non-hydrogen) atoms. The van der Waals surface area contributed by atoms with Gasteiger partial charge in [-0.1, -0.05) is 29.8 Å². The second kappa shape index (κ2) is 7.93. The fourth-order valence-corrected chi connectivity index (χ4v) is 2.25. The van der Waals surface area contributed by atoms with Crippen molar-refractivity contribution in [2.24, 2.45) is 0 Å². The van der Waals surface area contributed by atoms with E-state index in [1.807, 2.05) is 0 Å². The van der Waals surface area contributed by atoms with Crippen LogP contribution in [-0.2, 0) is 11.0 Å². The molecule has 0 spiro atoms. The highest BCUT2D eigenvalue weighted by molar-refractivity contribution is 6.30. The van der Waals surface area contributed by atoms with Crippen LogP contribution >= 0.6 is 11.6 Å². The number of nitriles is 1. The quantitative estimate of drug-likeness (QED) is 0.572. The van der Waals surface area contributed by atoms with Gasteiger partial charge in [0, 0.05) is 16.9 Å². The van der Waals surface area contributed by atoms with Crippen molar-refractivity contribution in [3.05, 3.63) is 70.4 Å². The first-order valence-electron chi connectivity index (χ1n) is 7.33. The SMILES string of the molecule is Cc1ccc(Cl)cc1N/C=C(/C#N)C(=O)Nc1ccccc1C(F)(F)F. The summed E-state index contributed by atoms with van der Waals surface area (Å²) in [5, 5.41) is 14.5. The summed E-state index contributed by atoms with van der Waals surface area (Å²) in [7, 11) is 0. The minimum absolute atomic E-state index is 0.388. The van der Waals surface area contributed by atoms with Gasteiger partial charge in [-0.2, -0.15) is 18.4 Å². The molecule has 2 aromatic rings.